The second-order valence-electron chi connectivity index (χ2n) is 8.01. The Morgan fingerprint density at radius 1 is 1.23 bits per heavy atom. The van der Waals surface area contributed by atoms with Crippen LogP contribution in [0.15, 0.2) is 63.8 Å². The van der Waals surface area contributed by atoms with Crippen LogP contribution in [0.1, 0.15) is 35.3 Å². The number of nitrogens with one attached hydrogen (secondary N) is 2. The maximum atomic E-state index is 13.5. The second kappa shape index (κ2) is 9.21. The zero-order valence-electron chi connectivity index (χ0n) is 18.5. The number of alkyl halides is 3. The quantitative estimate of drug-likeness (QED) is 0.450. The molecule has 7 nitrogen and oxygen atoms in total. The average Bonchev–Trinajstić information content (AvgIpc) is 3.30. The first-order chi connectivity index (χ1) is 16.4. The lowest BCUT2D eigenvalue weighted by Gasteiger charge is -2.28. The molecule has 0 saturated carbocycles. The molecule has 0 bridgehead atoms. The van der Waals surface area contributed by atoms with E-state index in [1.807, 2.05) is 0 Å². The van der Waals surface area contributed by atoms with Crippen molar-refractivity contribution >= 4 is 44.2 Å². The Hall–Kier alpha value is -3.02. The van der Waals surface area contributed by atoms with Gasteiger partial charge in [-0.1, -0.05) is 31.5 Å². The SMILES string of the molecule is CCc1ccc(S(=O)(=O)NC2C(C(=O)c3ccnc4[nH]ccc34)=NC=C(Cl)C2C)cc1C(F)(F)F. The van der Waals surface area contributed by atoms with Crippen molar-refractivity contribution in [1.82, 2.24) is 14.7 Å². The van der Waals surface area contributed by atoms with Gasteiger partial charge in [0.2, 0.25) is 15.8 Å². The summed E-state index contributed by atoms with van der Waals surface area (Å²) in [6, 6.07) is 4.75. The number of aryl methyl sites for hydroxylation is 1. The van der Waals surface area contributed by atoms with Gasteiger partial charge < -0.3 is 4.98 Å². The van der Waals surface area contributed by atoms with Crippen LogP contribution in [0, 0.1) is 5.92 Å². The van der Waals surface area contributed by atoms with E-state index in [-0.39, 0.29) is 28.3 Å². The molecule has 1 aliphatic rings. The highest BCUT2D eigenvalue weighted by Crippen LogP contribution is 2.34. The van der Waals surface area contributed by atoms with Crippen molar-refractivity contribution in [1.29, 1.82) is 0 Å². The van der Waals surface area contributed by atoms with Crippen LogP contribution in [0.5, 0.6) is 0 Å². The predicted molar refractivity (Wildman–Crippen MR) is 126 cm³/mol. The molecule has 0 fully saturated rings. The number of halogens is 4. The molecule has 1 aliphatic heterocycles. The molecule has 3 aromatic rings. The van der Waals surface area contributed by atoms with Crippen molar-refractivity contribution in [2.24, 2.45) is 10.9 Å². The lowest BCUT2D eigenvalue weighted by molar-refractivity contribution is -0.138. The lowest BCUT2D eigenvalue weighted by Crippen LogP contribution is -2.49. The maximum absolute atomic E-state index is 13.5. The zero-order valence-corrected chi connectivity index (χ0v) is 20.1. The molecule has 184 valence electrons. The molecule has 1 aromatic carbocycles. The van der Waals surface area contributed by atoms with Crippen LogP contribution in [0.2, 0.25) is 0 Å². The summed E-state index contributed by atoms with van der Waals surface area (Å²) in [6.07, 6.45) is -0.359. The van der Waals surface area contributed by atoms with Crippen LogP contribution in [0.25, 0.3) is 11.0 Å². The van der Waals surface area contributed by atoms with Crippen molar-refractivity contribution in [3.63, 3.8) is 0 Å². The molecule has 2 N–H and O–H groups in total. The number of nitrogens with zero attached hydrogens (tertiary/aromatic N) is 2. The summed E-state index contributed by atoms with van der Waals surface area (Å²) < 4.78 is 69.3. The fraction of sp³-hybridized carbons (Fsp3) is 0.261. The van der Waals surface area contributed by atoms with E-state index in [1.165, 1.54) is 18.5 Å². The summed E-state index contributed by atoms with van der Waals surface area (Å²) in [7, 11) is -4.49. The molecular weight excluding hydrogens is 505 g/mol. The third-order valence-electron chi connectivity index (χ3n) is 5.85. The van der Waals surface area contributed by atoms with Gasteiger partial charge in [-0.15, -0.1) is 0 Å². The van der Waals surface area contributed by atoms with E-state index >= 15 is 0 Å². The number of rotatable bonds is 6. The smallest absolute Gasteiger partial charge is 0.346 e. The number of H-pyrrole nitrogens is 1. The molecule has 0 aliphatic carbocycles. The second-order valence-corrected chi connectivity index (χ2v) is 10.2. The Bertz CT molecular complexity index is 1480. The number of hydrogen-bond donors (Lipinski definition) is 2. The molecule has 0 saturated heterocycles. The highest BCUT2D eigenvalue weighted by Gasteiger charge is 2.38. The van der Waals surface area contributed by atoms with Crippen LogP contribution in [-0.4, -0.2) is 35.9 Å². The molecular formula is C23H20ClF3N4O3S. The number of fused-ring (bicyclic) bond motifs is 1. The summed E-state index contributed by atoms with van der Waals surface area (Å²) in [4.78, 5) is 24.0. The first-order valence-corrected chi connectivity index (χ1v) is 12.4. The molecule has 2 unspecified atom stereocenters. The van der Waals surface area contributed by atoms with Crippen LogP contribution in [-0.2, 0) is 22.6 Å². The fourth-order valence-electron chi connectivity index (χ4n) is 3.91. The summed E-state index contributed by atoms with van der Waals surface area (Å²) in [5.74, 6) is -1.27. The van der Waals surface area contributed by atoms with E-state index in [1.54, 1.807) is 26.1 Å². The van der Waals surface area contributed by atoms with Gasteiger partial charge in [0.1, 0.15) is 11.4 Å². The number of Topliss-reactive ketones (excluding diaryl/α,β-unsaturated/α-hetero) is 1. The largest absolute Gasteiger partial charge is 0.416 e. The number of carbonyl (C=O) groups is 1. The normalized spacial score (nSPS) is 18.9. The molecule has 2 atom stereocenters. The van der Waals surface area contributed by atoms with Crippen LogP contribution in [0.4, 0.5) is 13.2 Å². The highest BCUT2D eigenvalue weighted by molar-refractivity contribution is 7.89. The van der Waals surface area contributed by atoms with Gasteiger partial charge in [0.15, 0.2) is 0 Å². The van der Waals surface area contributed by atoms with E-state index in [0.717, 1.165) is 12.1 Å². The zero-order chi connectivity index (χ0) is 25.5. The van der Waals surface area contributed by atoms with Gasteiger partial charge >= 0.3 is 6.18 Å². The predicted octanol–water partition coefficient (Wildman–Crippen LogP) is 4.84. The van der Waals surface area contributed by atoms with Crippen LogP contribution >= 0.6 is 11.6 Å². The Kier molecular flexibility index (Phi) is 6.60. The first-order valence-electron chi connectivity index (χ1n) is 10.6. The van der Waals surface area contributed by atoms with Crippen molar-refractivity contribution in [2.45, 2.75) is 37.4 Å². The number of carbonyl (C=O) groups excluding carboxylic acids is 1. The van der Waals surface area contributed by atoms with Gasteiger partial charge in [-0.2, -0.15) is 13.2 Å². The molecule has 2 aromatic heterocycles. The van der Waals surface area contributed by atoms with Gasteiger partial charge in [-0.25, -0.2) is 18.1 Å². The molecule has 0 amide bonds. The van der Waals surface area contributed by atoms with Gasteiger partial charge in [0.25, 0.3) is 0 Å². The number of ketones is 1. The van der Waals surface area contributed by atoms with Crippen molar-refractivity contribution in [2.75, 3.05) is 0 Å². The maximum Gasteiger partial charge on any atom is 0.416 e. The van der Waals surface area contributed by atoms with E-state index in [0.29, 0.717) is 17.1 Å². The minimum Gasteiger partial charge on any atom is -0.346 e. The van der Waals surface area contributed by atoms with Crippen molar-refractivity contribution < 1.29 is 26.4 Å². The Morgan fingerprint density at radius 2 is 1.97 bits per heavy atom. The lowest BCUT2D eigenvalue weighted by atomic mass is 9.90. The monoisotopic (exact) mass is 524 g/mol. The summed E-state index contributed by atoms with van der Waals surface area (Å²) >= 11 is 6.20. The molecule has 0 radical (unpaired) electrons. The number of hydrogen-bond acceptors (Lipinski definition) is 5. The minimum absolute atomic E-state index is 0.0286. The number of aromatic nitrogens is 2. The van der Waals surface area contributed by atoms with Crippen LogP contribution in [0.3, 0.4) is 0 Å². The third kappa shape index (κ3) is 4.75. The fourth-order valence-corrected chi connectivity index (χ4v) is 5.39. The number of sulfonamides is 1. The van der Waals surface area contributed by atoms with Crippen LogP contribution < -0.4 is 4.72 Å². The van der Waals surface area contributed by atoms with Gasteiger partial charge in [0, 0.05) is 40.5 Å². The van der Waals surface area contributed by atoms with Gasteiger partial charge in [-0.3, -0.25) is 9.79 Å². The number of benzene rings is 1. The molecule has 12 heteroatoms. The third-order valence-corrected chi connectivity index (χ3v) is 7.73. The van der Waals surface area contributed by atoms with E-state index in [4.69, 9.17) is 11.6 Å². The summed E-state index contributed by atoms with van der Waals surface area (Å²) in [6.45, 7) is 3.14. The number of aromatic amines is 1. The van der Waals surface area contributed by atoms with Gasteiger partial charge in [-0.05, 0) is 36.2 Å². The summed E-state index contributed by atoms with van der Waals surface area (Å²) in [5, 5.41) is 0.702. The molecule has 35 heavy (non-hydrogen) atoms. The topological polar surface area (TPSA) is 104 Å². The average molecular weight is 525 g/mol. The summed E-state index contributed by atoms with van der Waals surface area (Å²) in [5.41, 5.74) is -0.500. The van der Waals surface area contributed by atoms with Gasteiger partial charge in [0.05, 0.1) is 16.5 Å². The number of aliphatic imine (C=N–C) groups is 1. The van der Waals surface area contributed by atoms with Crippen molar-refractivity contribution in [3.8, 4) is 0 Å². The Morgan fingerprint density at radius 3 is 2.66 bits per heavy atom. The first kappa shape index (κ1) is 25.1. The minimum atomic E-state index is -4.73. The number of pyridine rings is 1. The molecule has 3 heterocycles. The standard InChI is InChI=1S/C23H20ClF3N4O3S/c1-3-13-4-5-14(10-17(13)23(25,26)27)35(33,34)31-19-12(2)18(24)11-30-20(19)21(32)15-6-8-28-22-16(15)7-9-29-22/h4-12,19,31H,3H2,1-2H3,(H,28,29). The van der Waals surface area contributed by atoms with E-state index in [2.05, 4.69) is 19.7 Å². The molecule has 4 rings (SSSR count). The Labute approximate surface area is 204 Å². The Balaban J connectivity index is 1.74. The van der Waals surface area contributed by atoms with E-state index < -0.39 is 44.4 Å². The molecule has 0 spiro atoms. The van der Waals surface area contributed by atoms with E-state index in [9.17, 15) is 26.4 Å². The van der Waals surface area contributed by atoms with Crippen molar-refractivity contribution in [3.05, 3.63) is 70.6 Å². The highest BCUT2D eigenvalue weighted by atomic mass is 35.5.